The molecule has 0 radical (unpaired) electrons. The molecule has 1 atom stereocenters. The molecule has 1 saturated carbocycles. The van der Waals surface area contributed by atoms with Gasteiger partial charge in [0.25, 0.3) is 0 Å². The van der Waals surface area contributed by atoms with Crippen molar-refractivity contribution in [2.45, 2.75) is 51.1 Å². The van der Waals surface area contributed by atoms with Crippen molar-refractivity contribution >= 4 is 0 Å². The van der Waals surface area contributed by atoms with Crippen molar-refractivity contribution in [2.24, 2.45) is 11.7 Å². The van der Waals surface area contributed by atoms with Crippen molar-refractivity contribution in [3.63, 3.8) is 0 Å². The van der Waals surface area contributed by atoms with Gasteiger partial charge in [-0.2, -0.15) is 0 Å². The molecule has 1 fully saturated rings. The maximum absolute atomic E-state index is 8.73. The molecule has 0 aliphatic heterocycles. The van der Waals surface area contributed by atoms with Gasteiger partial charge in [-0.3, -0.25) is 0 Å². The Bertz CT molecular complexity index is 167. The second kappa shape index (κ2) is 5.10. The Morgan fingerprint density at radius 3 is 2.64 bits per heavy atom. The largest absolute Gasteiger partial charge is 0.396 e. The van der Waals surface area contributed by atoms with Gasteiger partial charge in [-0.1, -0.05) is 6.92 Å². The first-order chi connectivity index (χ1) is 6.62. The molecule has 0 aromatic heterocycles. The molecular weight excluding hydrogens is 176 g/mol. The number of nitrogens with one attached hydrogen (secondary N) is 1. The molecule has 1 aliphatic rings. The molecule has 14 heavy (non-hydrogen) atoms. The molecule has 84 valence electrons. The van der Waals surface area contributed by atoms with Crippen LogP contribution < -0.4 is 11.1 Å². The van der Waals surface area contributed by atoms with Crippen molar-refractivity contribution in [3.05, 3.63) is 0 Å². The minimum atomic E-state index is 0.203. The Labute approximate surface area is 87.1 Å². The molecule has 0 heterocycles. The fourth-order valence-electron chi connectivity index (χ4n) is 2.61. The summed E-state index contributed by atoms with van der Waals surface area (Å²) in [6.45, 7) is 5.48. The average molecular weight is 200 g/mol. The van der Waals surface area contributed by atoms with E-state index in [0.29, 0.717) is 6.04 Å². The van der Waals surface area contributed by atoms with E-state index >= 15 is 0 Å². The van der Waals surface area contributed by atoms with Crippen LogP contribution in [0.1, 0.15) is 39.5 Å². The molecular formula is C11H24N2O. The molecule has 3 heteroatoms. The first-order valence-corrected chi connectivity index (χ1v) is 5.70. The molecule has 0 spiro atoms. The van der Waals surface area contributed by atoms with Crippen LogP contribution in [0.5, 0.6) is 0 Å². The van der Waals surface area contributed by atoms with Crippen molar-refractivity contribution in [3.8, 4) is 0 Å². The van der Waals surface area contributed by atoms with Gasteiger partial charge in [0.1, 0.15) is 0 Å². The number of nitrogens with two attached hydrogens (primary N) is 1. The van der Waals surface area contributed by atoms with Crippen LogP contribution in [0.4, 0.5) is 0 Å². The maximum Gasteiger partial charge on any atom is 0.0431 e. The van der Waals surface area contributed by atoms with E-state index in [4.69, 9.17) is 10.8 Å². The van der Waals surface area contributed by atoms with Gasteiger partial charge >= 0.3 is 0 Å². The van der Waals surface area contributed by atoms with Crippen LogP contribution >= 0.6 is 0 Å². The summed E-state index contributed by atoms with van der Waals surface area (Å²) < 4.78 is 0. The molecule has 1 unspecified atom stereocenters. The third kappa shape index (κ3) is 2.94. The second-order valence-corrected chi connectivity index (χ2v) is 4.91. The van der Waals surface area contributed by atoms with Crippen LogP contribution in [0.25, 0.3) is 0 Å². The first-order valence-electron chi connectivity index (χ1n) is 5.70. The summed E-state index contributed by atoms with van der Waals surface area (Å²) in [4.78, 5) is 0. The molecule has 0 aromatic carbocycles. The van der Waals surface area contributed by atoms with Gasteiger partial charge in [0.15, 0.2) is 0 Å². The fraction of sp³-hybridized carbons (Fsp3) is 1.00. The van der Waals surface area contributed by atoms with Gasteiger partial charge < -0.3 is 16.2 Å². The van der Waals surface area contributed by atoms with Crippen molar-refractivity contribution < 1.29 is 5.11 Å². The predicted molar refractivity (Wildman–Crippen MR) is 59.1 cm³/mol. The highest BCUT2D eigenvalue weighted by Crippen LogP contribution is 2.37. The third-order valence-corrected chi connectivity index (χ3v) is 3.22. The maximum atomic E-state index is 8.73. The Balaban J connectivity index is 2.27. The van der Waals surface area contributed by atoms with Crippen LogP contribution in [-0.4, -0.2) is 29.8 Å². The van der Waals surface area contributed by atoms with Gasteiger partial charge in [-0.15, -0.1) is 0 Å². The van der Waals surface area contributed by atoms with Gasteiger partial charge in [-0.05, 0) is 38.5 Å². The number of hydrogen-bond donors (Lipinski definition) is 3. The average Bonchev–Trinajstić information content (AvgIpc) is 2.11. The molecule has 0 aromatic rings. The van der Waals surface area contributed by atoms with E-state index in [1.54, 1.807) is 0 Å². The summed E-state index contributed by atoms with van der Waals surface area (Å²) >= 11 is 0. The Morgan fingerprint density at radius 2 is 2.21 bits per heavy atom. The number of aliphatic hydroxyl groups is 1. The number of rotatable bonds is 6. The zero-order valence-corrected chi connectivity index (χ0v) is 9.42. The van der Waals surface area contributed by atoms with E-state index in [1.165, 1.54) is 12.8 Å². The van der Waals surface area contributed by atoms with E-state index in [1.807, 2.05) is 0 Å². The molecule has 0 amide bonds. The fourth-order valence-corrected chi connectivity index (χ4v) is 2.61. The summed E-state index contributed by atoms with van der Waals surface area (Å²) in [6, 6.07) is 0.471. The molecule has 0 bridgehead atoms. The second-order valence-electron chi connectivity index (χ2n) is 4.91. The van der Waals surface area contributed by atoms with E-state index in [0.717, 1.165) is 25.3 Å². The minimum absolute atomic E-state index is 0.203. The molecule has 1 aliphatic carbocycles. The van der Waals surface area contributed by atoms with Crippen LogP contribution in [0.15, 0.2) is 0 Å². The van der Waals surface area contributed by atoms with Gasteiger partial charge in [0.05, 0.1) is 0 Å². The van der Waals surface area contributed by atoms with E-state index in [2.05, 4.69) is 19.2 Å². The standard InChI is InChI=1S/C11H24N2O/c1-9-6-11(7-9,8-12)13-10(2)4-3-5-14/h9-10,13-14H,3-8,12H2,1-2H3. The highest BCUT2D eigenvalue weighted by molar-refractivity contribution is 5.01. The highest BCUT2D eigenvalue weighted by atomic mass is 16.2. The van der Waals surface area contributed by atoms with Crippen LogP contribution in [-0.2, 0) is 0 Å². The lowest BCUT2D eigenvalue weighted by molar-refractivity contribution is 0.107. The van der Waals surface area contributed by atoms with Crippen molar-refractivity contribution in [2.75, 3.05) is 13.2 Å². The summed E-state index contributed by atoms with van der Waals surface area (Å²) in [5.41, 5.74) is 6.00. The van der Waals surface area contributed by atoms with Crippen molar-refractivity contribution in [1.82, 2.24) is 5.32 Å². The zero-order valence-electron chi connectivity index (χ0n) is 9.42. The molecule has 3 nitrogen and oxygen atoms in total. The first kappa shape index (κ1) is 12.0. The van der Waals surface area contributed by atoms with Gasteiger partial charge in [0.2, 0.25) is 0 Å². The lowest BCUT2D eigenvalue weighted by Crippen LogP contribution is -2.61. The van der Waals surface area contributed by atoms with E-state index in [9.17, 15) is 0 Å². The summed E-state index contributed by atoms with van der Waals surface area (Å²) in [5.74, 6) is 0.816. The predicted octanol–water partition coefficient (Wildman–Crippen LogP) is 0.864. The smallest absolute Gasteiger partial charge is 0.0431 e. The van der Waals surface area contributed by atoms with E-state index in [-0.39, 0.29) is 12.1 Å². The zero-order chi connectivity index (χ0) is 10.6. The quantitative estimate of drug-likeness (QED) is 0.596. The lowest BCUT2D eigenvalue weighted by atomic mass is 9.69. The normalized spacial score (nSPS) is 33.9. The highest BCUT2D eigenvalue weighted by Gasteiger charge is 2.41. The SMILES string of the molecule is CC1CC(CN)(NC(C)CCCO)C1. The Hall–Kier alpha value is -0.120. The Kier molecular flexibility index (Phi) is 4.35. The number of aliphatic hydroxyl groups excluding tert-OH is 1. The minimum Gasteiger partial charge on any atom is -0.396 e. The summed E-state index contributed by atoms with van der Waals surface area (Å²) in [6.07, 6.45) is 4.32. The third-order valence-electron chi connectivity index (χ3n) is 3.22. The Morgan fingerprint density at radius 1 is 1.57 bits per heavy atom. The van der Waals surface area contributed by atoms with Crippen LogP contribution in [0.2, 0.25) is 0 Å². The number of hydrogen-bond acceptors (Lipinski definition) is 3. The lowest BCUT2D eigenvalue weighted by Gasteiger charge is -2.48. The van der Waals surface area contributed by atoms with Crippen LogP contribution in [0.3, 0.4) is 0 Å². The van der Waals surface area contributed by atoms with Crippen LogP contribution in [0, 0.1) is 5.92 Å². The monoisotopic (exact) mass is 200 g/mol. The summed E-state index contributed by atoms with van der Waals surface area (Å²) in [5, 5.41) is 12.3. The molecule has 4 N–H and O–H groups in total. The topological polar surface area (TPSA) is 58.3 Å². The molecule has 0 saturated heterocycles. The summed E-state index contributed by atoms with van der Waals surface area (Å²) in [7, 11) is 0. The van der Waals surface area contributed by atoms with Crippen molar-refractivity contribution in [1.29, 1.82) is 0 Å². The van der Waals surface area contributed by atoms with Gasteiger partial charge in [0, 0.05) is 24.7 Å². The van der Waals surface area contributed by atoms with Gasteiger partial charge in [-0.25, -0.2) is 0 Å². The van der Waals surface area contributed by atoms with E-state index < -0.39 is 0 Å². The molecule has 1 rings (SSSR count).